The second-order valence-electron chi connectivity index (χ2n) is 3.39. The predicted octanol–water partition coefficient (Wildman–Crippen LogP) is 0.220. The summed E-state index contributed by atoms with van der Waals surface area (Å²) in [6.07, 6.45) is 4.99. The summed E-state index contributed by atoms with van der Waals surface area (Å²) in [5.74, 6) is -0.548. The molecule has 1 saturated carbocycles. The molecule has 0 amide bonds. The molecule has 3 nitrogen and oxygen atoms in total. The maximum absolute atomic E-state index is 10.7. The van der Waals surface area contributed by atoms with Crippen molar-refractivity contribution in [1.29, 1.82) is 0 Å². The van der Waals surface area contributed by atoms with Gasteiger partial charge in [-0.15, -0.1) is 0 Å². The Labute approximate surface area is 64.9 Å². The number of aliphatic carboxylic acids is 1. The van der Waals surface area contributed by atoms with E-state index < -0.39 is 5.97 Å². The highest BCUT2D eigenvalue weighted by Gasteiger charge is 2.46. The molecular weight excluding hydrogens is 142 g/mol. The fraction of sp³-hybridized carbons (Fsp3) is 0.625. The Morgan fingerprint density at radius 1 is 1.45 bits per heavy atom. The number of fused-ring (bicyclic) bond motifs is 2. The van der Waals surface area contributed by atoms with Gasteiger partial charge in [-0.1, -0.05) is 12.2 Å². The molecule has 3 N–H and O–H groups in total. The lowest BCUT2D eigenvalue weighted by molar-refractivity contribution is -0.143. The Balaban J connectivity index is 2.25. The second kappa shape index (κ2) is 2.08. The summed E-state index contributed by atoms with van der Waals surface area (Å²) >= 11 is 0. The molecule has 0 spiro atoms. The lowest BCUT2D eigenvalue weighted by Gasteiger charge is -2.19. The van der Waals surface area contributed by atoms with Gasteiger partial charge in [-0.3, -0.25) is 4.79 Å². The van der Waals surface area contributed by atoms with Crippen LogP contribution in [-0.2, 0) is 4.79 Å². The molecule has 3 heteroatoms. The zero-order chi connectivity index (χ0) is 8.01. The van der Waals surface area contributed by atoms with Crippen molar-refractivity contribution in [2.24, 2.45) is 23.5 Å². The van der Waals surface area contributed by atoms with Crippen molar-refractivity contribution >= 4 is 5.97 Å². The van der Waals surface area contributed by atoms with E-state index in [9.17, 15) is 4.79 Å². The summed E-state index contributed by atoms with van der Waals surface area (Å²) in [7, 11) is 0. The number of rotatable bonds is 1. The first-order valence-corrected chi connectivity index (χ1v) is 3.87. The van der Waals surface area contributed by atoms with E-state index in [2.05, 4.69) is 6.08 Å². The Bertz CT molecular complexity index is 224. The van der Waals surface area contributed by atoms with Gasteiger partial charge < -0.3 is 10.8 Å². The largest absolute Gasteiger partial charge is 0.481 e. The molecule has 0 aromatic carbocycles. The molecule has 0 heterocycles. The third-order valence-corrected chi connectivity index (χ3v) is 2.81. The molecule has 11 heavy (non-hydrogen) atoms. The van der Waals surface area contributed by atoms with E-state index in [1.165, 1.54) is 0 Å². The monoisotopic (exact) mass is 153 g/mol. The Morgan fingerprint density at radius 2 is 2.09 bits per heavy atom. The van der Waals surface area contributed by atoms with Gasteiger partial charge in [-0.25, -0.2) is 0 Å². The normalized spacial score (nSPS) is 46.6. The molecule has 0 aromatic heterocycles. The molecule has 2 aliphatic rings. The van der Waals surface area contributed by atoms with Crippen molar-refractivity contribution in [2.75, 3.05) is 0 Å². The van der Waals surface area contributed by atoms with Crippen molar-refractivity contribution < 1.29 is 9.90 Å². The van der Waals surface area contributed by atoms with E-state index in [0.29, 0.717) is 5.92 Å². The third kappa shape index (κ3) is 0.807. The van der Waals surface area contributed by atoms with Crippen LogP contribution >= 0.6 is 0 Å². The SMILES string of the molecule is N[C@@H]1[C@@H](C(=O)O)[C@H]2C=C[C@H]1C2. The molecule has 0 aliphatic heterocycles. The quantitative estimate of drug-likeness (QED) is 0.530. The van der Waals surface area contributed by atoms with E-state index >= 15 is 0 Å². The van der Waals surface area contributed by atoms with Gasteiger partial charge in [0.2, 0.25) is 0 Å². The van der Waals surface area contributed by atoms with E-state index in [1.807, 2.05) is 6.08 Å². The van der Waals surface area contributed by atoms with Gasteiger partial charge in [-0.2, -0.15) is 0 Å². The number of carbonyl (C=O) groups is 1. The van der Waals surface area contributed by atoms with Gasteiger partial charge in [-0.05, 0) is 18.3 Å². The van der Waals surface area contributed by atoms with E-state index in [0.717, 1.165) is 6.42 Å². The van der Waals surface area contributed by atoms with E-state index in [-0.39, 0.29) is 17.9 Å². The van der Waals surface area contributed by atoms with Gasteiger partial charge in [0.05, 0.1) is 5.92 Å². The number of hydrogen-bond acceptors (Lipinski definition) is 2. The molecule has 2 bridgehead atoms. The lowest BCUT2D eigenvalue weighted by Crippen LogP contribution is -2.38. The second-order valence-corrected chi connectivity index (χ2v) is 3.39. The molecule has 0 radical (unpaired) electrons. The number of carboxylic acid groups (broad SMARTS) is 1. The van der Waals surface area contributed by atoms with Crippen LogP contribution in [0.2, 0.25) is 0 Å². The summed E-state index contributed by atoms with van der Waals surface area (Å²) in [6.45, 7) is 0. The summed E-state index contributed by atoms with van der Waals surface area (Å²) in [6, 6.07) is -0.150. The van der Waals surface area contributed by atoms with Crippen LogP contribution in [0, 0.1) is 17.8 Å². The molecule has 0 aromatic rings. The average Bonchev–Trinajstić information content (AvgIpc) is 2.44. The molecule has 2 aliphatic carbocycles. The van der Waals surface area contributed by atoms with Gasteiger partial charge in [0.15, 0.2) is 0 Å². The maximum atomic E-state index is 10.7. The fourth-order valence-electron chi connectivity index (χ4n) is 2.21. The van der Waals surface area contributed by atoms with Crippen molar-refractivity contribution in [1.82, 2.24) is 0 Å². The van der Waals surface area contributed by atoms with Crippen molar-refractivity contribution in [3.8, 4) is 0 Å². The standard InChI is InChI=1S/C8H11NO2/c9-7-5-2-1-4(3-5)6(7)8(10)11/h1-2,4-7H,3,9H2,(H,10,11)/t4-,5-,6-,7-/m0/s1. The molecule has 4 atom stereocenters. The van der Waals surface area contributed by atoms with Crippen LogP contribution in [0.15, 0.2) is 12.2 Å². The fourth-order valence-corrected chi connectivity index (χ4v) is 2.21. The first kappa shape index (κ1) is 6.85. The Hall–Kier alpha value is -0.830. The minimum atomic E-state index is -0.741. The highest BCUT2D eigenvalue weighted by atomic mass is 16.4. The van der Waals surface area contributed by atoms with Crippen LogP contribution in [0.1, 0.15) is 6.42 Å². The minimum Gasteiger partial charge on any atom is -0.481 e. The molecule has 0 unspecified atom stereocenters. The first-order chi connectivity index (χ1) is 5.20. The van der Waals surface area contributed by atoms with Crippen molar-refractivity contribution in [3.05, 3.63) is 12.2 Å². The highest BCUT2D eigenvalue weighted by molar-refractivity contribution is 5.72. The zero-order valence-corrected chi connectivity index (χ0v) is 6.10. The van der Waals surface area contributed by atoms with Crippen molar-refractivity contribution in [2.45, 2.75) is 12.5 Å². The topological polar surface area (TPSA) is 63.3 Å². The third-order valence-electron chi connectivity index (χ3n) is 2.81. The molecular formula is C8H11NO2. The van der Waals surface area contributed by atoms with E-state index in [4.69, 9.17) is 10.8 Å². The summed E-state index contributed by atoms with van der Waals surface area (Å²) in [5, 5.41) is 8.79. The van der Waals surface area contributed by atoms with Crippen molar-refractivity contribution in [3.63, 3.8) is 0 Å². The molecule has 0 saturated heterocycles. The van der Waals surface area contributed by atoms with Gasteiger partial charge in [0, 0.05) is 6.04 Å². The summed E-state index contributed by atoms with van der Waals surface area (Å²) < 4.78 is 0. The number of allylic oxidation sites excluding steroid dienone is 1. The van der Waals surface area contributed by atoms with Gasteiger partial charge in [0.25, 0.3) is 0 Å². The van der Waals surface area contributed by atoms with Crippen LogP contribution in [0.3, 0.4) is 0 Å². The maximum Gasteiger partial charge on any atom is 0.308 e. The van der Waals surface area contributed by atoms with Gasteiger partial charge in [0.1, 0.15) is 0 Å². The number of nitrogens with two attached hydrogens (primary N) is 1. The first-order valence-electron chi connectivity index (χ1n) is 3.87. The molecule has 1 fully saturated rings. The van der Waals surface area contributed by atoms with Crippen LogP contribution in [0.25, 0.3) is 0 Å². The van der Waals surface area contributed by atoms with Crippen LogP contribution in [0.4, 0.5) is 0 Å². The smallest absolute Gasteiger partial charge is 0.308 e. The Kier molecular flexibility index (Phi) is 1.29. The zero-order valence-electron chi connectivity index (χ0n) is 6.10. The van der Waals surface area contributed by atoms with Crippen LogP contribution < -0.4 is 5.73 Å². The summed E-state index contributed by atoms with van der Waals surface area (Å²) in [5.41, 5.74) is 5.73. The minimum absolute atomic E-state index is 0.150. The predicted molar refractivity (Wildman–Crippen MR) is 39.8 cm³/mol. The number of hydrogen-bond donors (Lipinski definition) is 2. The van der Waals surface area contributed by atoms with E-state index in [1.54, 1.807) is 0 Å². The summed E-state index contributed by atoms with van der Waals surface area (Å²) in [4.78, 5) is 10.7. The Morgan fingerprint density at radius 3 is 2.45 bits per heavy atom. The van der Waals surface area contributed by atoms with Crippen LogP contribution in [0.5, 0.6) is 0 Å². The molecule has 60 valence electrons. The molecule has 2 rings (SSSR count). The lowest BCUT2D eigenvalue weighted by atomic mass is 9.90. The van der Waals surface area contributed by atoms with Crippen LogP contribution in [-0.4, -0.2) is 17.1 Å². The van der Waals surface area contributed by atoms with Gasteiger partial charge >= 0.3 is 5.97 Å². The number of carboxylic acids is 1. The highest BCUT2D eigenvalue weighted by Crippen LogP contribution is 2.42. The average molecular weight is 153 g/mol.